The Bertz CT molecular complexity index is 1600. The Balaban J connectivity index is 1.38. The first kappa shape index (κ1) is 32.6. The second-order valence-corrected chi connectivity index (χ2v) is 12.4. The van der Waals surface area contributed by atoms with Crippen molar-refractivity contribution in [2.45, 2.75) is 37.6 Å². The van der Waals surface area contributed by atoms with Gasteiger partial charge in [0.2, 0.25) is 0 Å². The quantitative estimate of drug-likeness (QED) is 0.283. The van der Waals surface area contributed by atoms with E-state index in [-0.39, 0.29) is 37.0 Å². The molecule has 0 saturated carbocycles. The number of benzene rings is 3. The highest BCUT2D eigenvalue weighted by Crippen LogP contribution is 2.31. The normalized spacial score (nSPS) is 16.6. The van der Waals surface area contributed by atoms with Crippen LogP contribution in [0.3, 0.4) is 0 Å². The highest BCUT2D eigenvalue weighted by atomic mass is 35.5. The number of fused-ring (bicyclic) bond motifs is 1. The number of esters is 1. The van der Waals surface area contributed by atoms with E-state index in [1.807, 2.05) is 41.3 Å². The summed E-state index contributed by atoms with van der Waals surface area (Å²) in [7, 11) is 1.30. The zero-order valence-electron chi connectivity index (χ0n) is 25.3. The molecule has 9 nitrogen and oxygen atoms in total. The van der Waals surface area contributed by atoms with Crippen molar-refractivity contribution in [2.24, 2.45) is 0 Å². The molecule has 3 aromatic carbocycles. The standard InChI is InChI=1S/C34H37Cl2N5O4/c1-45-32(42)22-40(33(43)29-18-23(20-37)17-25-5-2-3-6-28(25)29)21-26(24-7-8-30(35)31(36)19-24)9-14-39-15-10-27(11-16-39)41-13-4-12-38-34(41)44/h2-3,5-8,17-19,26-27H,4,9-16,21-22H2,1H3,(H,38,44). The van der Waals surface area contributed by atoms with Gasteiger partial charge in [-0.1, -0.05) is 53.5 Å². The van der Waals surface area contributed by atoms with Crippen LogP contribution >= 0.6 is 23.2 Å². The van der Waals surface area contributed by atoms with Gasteiger partial charge in [0, 0.05) is 50.2 Å². The van der Waals surface area contributed by atoms with E-state index in [1.165, 1.54) is 12.0 Å². The summed E-state index contributed by atoms with van der Waals surface area (Å²) in [5.74, 6) is -1.08. The molecule has 45 heavy (non-hydrogen) atoms. The topological polar surface area (TPSA) is 106 Å². The van der Waals surface area contributed by atoms with Crippen LogP contribution in [0.25, 0.3) is 10.8 Å². The van der Waals surface area contributed by atoms with Gasteiger partial charge in [0.1, 0.15) is 6.54 Å². The van der Waals surface area contributed by atoms with Crippen molar-refractivity contribution in [3.05, 3.63) is 81.3 Å². The summed E-state index contributed by atoms with van der Waals surface area (Å²) in [6.45, 7) is 3.99. The molecule has 1 atom stereocenters. The first-order chi connectivity index (χ1) is 21.8. The number of piperidine rings is 1. The largest absolute Gasteiger partial charge is 0.468 e. The molecule has 0 aromatic heterocycles. The van der Waals surface area contributed by atoms with Crippen LogP contribution < -0.4 is 5.32 Å². The van der Waals surface area contributed by atoms with Gasteiger partial charge in [-0.25, -0.2) is 4.79 Å². The van der Waals surface area contributed by atoms with Crippen LogP contribution in [-0.2, 0) is 9.53 Å². The summed E-state index contributed by atoms with van der Waals surface area (Å²) < 4.78 is 4.98. The van der Waals surface area contributed by atoms with E-state index in [1.54, 1.807) is 18.2 Å². The van der Waals surface area contributed by atoms with E-state index >= 15 is 0 Å². The van der Waals surface area contributed by atoms with Crippen LogP contribution in [0.4, 0.5) is 4.79 Å². The summed E-state index contributed by atoms with van der Waals surface area (Å²) in [5.41, 5.74) is 1.62. The molecule has 5 rings (SSSR count). The molecule has 1 unspecified atom stereocenters. The van der Waals surface area contributed by atoms with Gasteiger partial charge in [-0.05, 0) is 72.8 Å². The average Bonchev–Trinajstić information content (AvgIpc) is 3.07. The number of halogens is 2. The Morgan fingerprint density at radius 1 is 1.09 bits per heavy atom. The van der Waals surface area contributed by atoms with Crippen LogP contribution in [-0.4, -0.2) is 91.6 Å². The Kier molecular flexibility index (Phi) is 10.8. The Morgan fingerprint density at radius 2 is 1.87 bits per heavy atom. The first-order valence-corrected chi connectivity index (χ1v) is 16.0. The lowest BCUT2D eigenvalue weighted by Gasteiger charge is -2.40. The van der Waals surface area contributed by atoms with E-state index in [0.717, 1.165) is 62.9 Å². The number of amides is 3. The average molecular weight is 651 g/mol. The molecular weight excluding hydrogens is 613 g/mol. The lowest BCUT2D eigenvalue weighted by Crippen LogP contribution is -2.54. The third-order valence-electron chi connectivity index (χ3n) is 8.82. The number of nitriles is 1. The fourth-order valence-corrected chi connectivity index (χ4v) is 6.65. The molecule has 2 heterocycles. The van der Waals surface area contributed by atoms with E-state index < -0.39 is 5.97 Å². The van der Waals surface area contributed by atoms with E-state index in [0.29, 0.717) is 33.0 Å². The smallest absolute Gasteiger partial charge is 0.325 e. The van der Waals surface area contributed by atoms with E-state index in [2.05, 4.69) is 16.3 Å². The molecule has 3 aromatic rings. The van der Waals surface area contributed by atoms with Gasteiger partial charge in [0.05, 0.1) is 28.8 Å². The molecule has 1 N–H and O–H groups in total. The second kappa shape index (κ2) is 15.0. The third kappa shape index (κ3) is 7.88. The van der Waals surface area contributed by atoms with Gasteiger partial charge in [0.25, 0.3) is 5.91 Å². The Morgan fingerprint density at radius 3 is 2.58 bits per heavy atom. The molecule has 2 aliphatic heterocycles. The maximum atomic E-state index is 14.2. The third-order valence-corrected chi connectivity index (χ3v) is 9.56. The number of likely N-dealkylation sites (tertiary alicyclic amines) is 1. The molecule has 2 fully saturated rings. The molecule has 0 aliphatic carbocycles. The van der Waals surface area contributed by atoms with Crippen LogP contribution in [0.15, 0.2) is 54.6 Å². The Hall–Kier alpha value is -3.84. The predicted octanol–water partition coefficient (Wildman–Crippen LogP) is 5.69. The maximum Gasteiger partial charge on any atom is 0.325 e. The van der Waals surface area contributed by atoms with Gasteiger partial charge < -0.3 is 24.8 Å². The highest BCUT2D eigenvalue weighted by Gasteiger charge is 2.31. The fraction of sp³-hybridized carbons (Fsp3) is 0.412. The second-order valence-electron chi connectivity index (χ2n) is 11.6. The van der Waals surface area contributed by atoms with Crippen molar-refractivity contribution in [3.8, 4) is 6.07 Å². The van der Waals surface area contributed by atoms with Gasteiger partial charge in [-0.2, -0.15) is 5.26 Å². The van der Waals surface area contributed by atoms with Gasteiger partial charge in [-0.3, -0.25) is 9.59 Å². The van der Waals surface area contributed by atoms with E-state index in [9.17, 15) is 19.6 Å². The number of rotatable bonds is 10. The van der Waals surface area contributed by atoms with Crippen LogP contribution in [0.1, 0.15) is 53.1 Å². The van der Waals surface area contributed by atoms with Gasteiger partial charge >= 0.3 is 12.0 Å². The minimum atomic E-state index is -0.541. The zero-order valence-corrected chi connectivity index (χ0v) is 26.8. The number of carbonyl (C=O) groups is 3. The van der Waals surface area contributed by atoms with Gasteiger partial charge in [0.15, 0.2) is 0 Å². The number of carbonyl (C=O) groups excluding carboxylic acids is 3. The monoisotopic (exact) mass is 649 g/mol. The summed E-state index contributed by atoms with van der Waals surface area (Å²) in [4.78, 5) is 45.0. The van der Waals surface area contributed by atoms with Crippen LogP contribution in [0.5, 0.6) is 0 Å². The number of hydrogen-bond acceptors (Lipinski definition) is 6. The number of nitrogens with zero attached hydrogens (tertiary/aromatic N) is 4. The molecule has 0 radical (unpaired) electrons. The van der Waals surface area contributed by atoms with Crippen LogP contribution in [0.2, 0.25) is 10.0 Å². The zero-order chi connectivity index (χ0) is 31.9. The van der Waals surface area contributed by atoms with Crippen molar-refractivity contribution < 1.29 is 19.1 Å². The van der Waals surface area contributed by atoms with Crippen molar-refractivity contribution in [1.82, 2.24) is 20.0 Å². The lowest BCUT2D eigenvalue weighted by atomic mass is 9.93. The van der Waals surface area contributed by atoms with Crippen molar-refractivity contribution in [3.63, 3.8) is 0 Å². The summed E-state index contributed by atoms with van der Waals surface area (Å²) in [6, 6.07) is 18.6. The minimum Gasteiger partial charge on any atom is -0.468 e. The van der Waals surface area contributed by atoms with Crippen molar-refractivity contribution in [2.75, 3.05) is 52.9 Å². The summed E-state index contributed by atoms with van der Waals surface area (Å²) >= 11 is 12.7. The number of urea groups is 1. The molecule has 236 valence electrons. The molecule has 0 spiro atoms. The maximum absolute atomic E-state index is 14.2. The molecular formula is C34H37Cl2N5O4. The SMILES string of the molecule is COC(=O)CN(CC(CCN1CCC(N2CCCNC2=O)CC1)c1ccc(Cl)c(Cl)c1)C(=O)c1cc(C#N)cc2ccccc12. The molecule has 2 aliphatic rings. The first-order valence-electron chi connectivity index (χ1n) is 15.3. The number of ether oxygens (including phenoxy) is 1. The van der Waals surface area contributed by atoms with Crippen molar-refractivity contribution in [1.29, 1.82) is 5.26 Å². The Labute approximate surface area is 273 Å². The van der Waals surface area contributed by atoms with Crippen molar-refractivity contribution >= 4 is 51.9 Å². The molecule has 11 heteroatoms. The number of methoxy groups -OCH3 is 1. The summed E-state index contributed by atoms with van der Waals surface area (Å²) in [6.07, 6.45) is 3.46. The molecule has 0 bridgehead atoms. The molecule has 3 amide bonds. The summed E-state index contributed by atoms with van der Waals surface area (Å²) in [5, 5.41) is 14.9. The van der Waals surface area contributed by atoms with Crippen LogP contribution in [0, 0.1) is 11.3 Å². The predicted molar refractivity (Wildman–Crippen MR) is 175 cm³/mol. The highest BCUT2D eigenvalue weighted by molar-refractivity contribution is 6.42. The van der Waals surface area contributed by atoms with Gasteiger partial charge in [-0.15, -0.1) is 0 Å². The lowest BCUT2D eigenvalue weighted by molar-refractivity contribution is -0.141. The fourth-order valence-electron chi connectivity index (χ4n) is 6.35. The molecule has 2 saturated heterocycles. The minimum absolute atomic E-state index is 0.0304. The van der Waals surface area contributed by atoms with E-state index in [4.69, 9.17) is 27.9 Å². The number of hydrogen-bond donors (Lipinski definition) is 1. The number of nitrogens with one attached hydrogen (secondary N) is 1.